The number of halogens is 1. The zero-order chi connectivity index (χ0) is 9.84. The van der Waals surface area contributed by atoms with E-state index in [9.17, 15) is 9.50 Å². The number of rotatable bonds is 3. The number of nitrogens with zero attached hydrogens (tertiary/aromatic N) is 1. The van der Waals surface area contributed by atoms with E-state index in [-0.39, 0.29) is 5.83 Å². The number of likely N-dealkylation sites (tertiary alicyclic amines) is 1. The van der Waals surface area contributed by atoms with E-state index in [4.69, 9.17) is 0 Å². The Labute approximate surface area is 77.7 Å². The number of allylic oxidation sites excluding steroid dienone is 4. The van der Waals surface area contributed by atoms with Crippen LogP contribution in [0.25, 0.3) is 0 Å². The molecular weight excluding hydrogens is 169 g/mol. The van der Waals surface area contributed by atoms with Gasteiger partial charge in [0.15, 0.2) is 0 Å². The predicted molar refractivity (Wildman–Crippen MR) is 50.5 cm³/mol. The predicted octanol–water partition coefficient (Wildman–Crippen LogP) is 1.95. The highest BCUT2D eigenvalue weighted by Crippen LogP contribution is 2.20. The van der Waals surface area contributed by atoms with E-state index in [2.05, 4.69) is 6.58 Å². The van der Waals surface area contributed by atoms with Crippen LogP contribution in [0.3, 0.4) is 0 Å². The first-order chi connectivity index (χ1) is 6.15. The lowest BCUT2D eigenvalue weighted by atomic mass is 10.1. The molecule has 1 heterocycles. The lowest BCUT2D eigenvalue weighted by Gasteiger charge is -2.39. The molecule has 1 aliphatic heterocycles. The smallest absolute Gasteiger partial charge is 0.128 e. The van der Waals surface area contributed by atoms with Gasteiger partial charge in [0.1, 0.15) is 12.1 Å². The molecule has 0 spiro atoms. The lowest BCUT2D eigenvalue weighted by Crippen LogP contribution is -2.45. The molecule has 72 valence electrons. The number of aliphatic hydroxyl groups is 1. The van der Waals surface area contributed by atoms with Crippen LogP contribution in [0.4, 0.5) is 4.39 Å². The van der Waals surface area contributed by atoms with Gasteiger partial charge in [-0.1, -0.05) is 12.7 Å². The minimum atomic E-state index is -0.439. The highest BCUT2D eigenvalue weighted by Gasteiger charge is 2.24. The Kier molecular flexibility index (Phi) is 3.25. The van der Waals surface area contributed by atoms with Gasteiger partial charge in [-0.3, -0.25) is 0 Å². The fraction of sp³-hybridized carbons (Fsp3) is 0.400. The van der Waals surface area contributed by atoms with E-state index in [1.807, 2.05) is 0 Å². The van der Waals surface area contributed by atoms with Gasteiger partial charge in [-0.15, -0.1) is 0 Å². The molecule has 0 aliphatic carbocycles. The molecule has 1 atom stereocenters. The Morgan fingerprint density at radius 2 is 2.31 bits per heavy atom. The second-order valence-electron chi connectivity index (χ2n) is 2.96. The zero-order valence-electron chi connectivity index (χ0n) is 7.70. The molecule has 1 unspecified atom stereocenters. The summed E-state index contributed by atoms with van der Waals surface area (Å²) in [7, 11) is 0. The highest BCUT2D eigenvalue weighted by molar-refractivity contribution is 5.22. The Morgan fingerprint density at radius 1 is 1.62 bits per heavy atom. The highest BCUT2D eigenvalue weighted by atomic mass is 19.1. The maximum atomic E-state index is 12.6. The quantitative estimate of drug-likeness (QED) is 0.676. The molecule has 3 heteroatoms. The molecule has 1 saturated heterocycles. The van der Waals surface area contributed by atoms with Gasteiger partial charge >= 0.3 is 0 Å². The fourth-order valence-electron chi connectivity index (χ4n) is 1.08. The number of hydrogen-bond donors (Lipinski definition) is 1. The normalized spacial score (nSPS) is 23.5. The van der Waals surface area contributed by atoms with Crippen molar-refractivity contribution in [2.24, 2.45) is 0 Å². The molecule has 0 aromatic rings. The van der Waals surface area contributed by atoms with Crippen LogP contribution in [0.1, 0.15) is 13.3 Å². The lowest BCUT2D eigenvalue weighted by molar-refractivity contribution is -0.0462. The molecule has 1 N–H and O–H groups in total. The minimum Gasteiger partial charge on any atom is -0.374 e. The number of hydrogen-bond acceptors (Lipinski definition) is 2. The van der Waals surface area contributed by atoms with E-state index in [0.29, 0.717) is 5.70 Å². The maximum absolute atomic E-state index is 12.6. The van der Waals surface area contributed by atoms with Gasteiger partial charge in [0, 0.05) is 18.7 Å². The van der Waals surface area contributed by atoms with Gasteiger partial charge in [-0.2, -0.15) is 0 Å². The topological polar surface area (TPSA) is 23.5 Å². The Balaban J connectivity index is 2.45. The van der Waals surface area contributed by atoms with E-state index >= 15 is 0 Å². The standard InChI is InChI=1S/C10H14FNO/c1-3-9(11)5-4-8(2)12-7-6-10(12)13/h3-5,10,13H,2,6-7H2,1H3/b5-4-,9-3+. The van der Waals surface area contributed by atoms with Crippen molar-refractivity contribution in [3.8, 4) is 0 Å². The molecule has 0 aromatic carbocycles. The zero-order valence-corrected chi connectivity index (χ0v) is 7.70. The molecule has 0 aromatic heterocycles. The van der Waals surface area contributed by atoms with Crippen LogP contribution < -0.4 is 0 Å². The Hall–Kier alpha value is -1.09. The summed E-state index contributed by atoms with van der Waals surface area (Å²) in [5.74, 6) is -0.295. The fourth-order valence-corrected chi connectivity index (χ4v) is 1.08. The summed E-state index contributed by atoms with van der Waals surface area (Å²) in [4.78, 5) is 1.72. The second kappa shape index (κ2) is 4.23. The maximum Gasteiger partial charge on any atom is 0.128 e. The first-order valence-electron chi connectivity index (χ1n) is 4.28. The third kappa shape index (κ3) is 2.42. The third-order valence-corrected chi connectivity index (χ3v) is 2.07. The molecule has 0 amide bonds. The SMILES string of the molecule is C=C(/C=C\C(F)=C/C)N1CCC1O. The van der Waals surface area contributed by atoms with Gasteiger partial charge in [0.05, 0.1) is 0 Å². The summed E-state index contributed by atoms with van der Waals surface area (Å²) >= 11 is 0. The minimum absolute atomic E-state index is 0.295. The van der Waals surface area contributed by atoms with Gasteiger partial charge in [0.2, 0.25) is 0 Å². The molecule has 0 bridgehead atoms. The average Bonchev–Trinajstić information content (AvgIpc) is 2.11. The van der Waals surface area contributed by atoms with Crippen molar-refractivity contribution in [3.05, 3.63) is 36.3 Å². The average molecular weight is 183 g/mol. The van der Waals surface area contributed by atoms with E-state index in [0.717, 1.165) is 13.0 Å². The van der Waals surface area contributed by atoms with Crippen molar-refractivity contribution in [1.82, 2.24) is 4.90 Å². The summed E-state index contributed by atoms with van der Waals surface area (Å²) < 4.78 is 12.6. The van der Waals surface area contributed by atoms with Crippen molar-refractivity contribution >= 4 is 0 Å². The summed E-state index contributed by atoms with van der Waals surface area (Å²) in [6.07, 6.45) is 4.60. The van der Waals surface area contributed by atoms with Crippen LogP contribution >= 0.6 is 0 Å². The van der Waals surface area contributed by atoms with Crippen molar-refractivity contribution in [2.45, 2.75) is 19.6 Å². The molecule has 0 radical (unpaired) electrons. The first kappa shape index (κ1) is 9.99. The van der Waals surface area contributed by atoms with E-state index < -0.39 is 6.23 Å². The van der Waals surface area contributed by atoms with E-state index in [1.165, 1.54) is 12.2 Å². The molecule has 2 nitrogen and oxygen atoms in total. The molecule has 0 saturated carbocycles. The second-order valence-corrected chi connectivity index (χ2v) is 2.96. The van der Waals surface area contributed by atoms with Crippen LogP contribution in [0.2, 0.25) is 0 Å². The Bertz CT molecular complexity index is 258. The molecule has 1 fully saturated rings. The van der Waals surface area contributed by atoms with Crippen molar-refractivity contribution in [1.29, 1.82) is 0 Å². The molecule has 1 rings (SSSR count). The molecule has 1 aliphatic rings. The molecule has 13 heavy (non-hydrogen) atoms. The van der Waals surface area contributed by atoms with Crippen LogP contribution in [-0.2, 0) is 0 Å². The van der Waals surface area contributed by atoms with Crippen molar-refractivity contribution in [2.75, 3.05) is 6.54 Å². The van der Waals surface area contributed by atoms with Gasteiger partial charge in [-0.25, -0.2) is 4.39 Å². The Morgan fingerprint density at radius 3 is 2.69 bits per heavy atom. The summed E-state index contributed by atoms with van der Waals surface area (Å²) in [5.41, 5.74) is 0.649. The van der Waals surface area contributed by atoms with Crippen LogP contribution in [-0.4, -0.2) is 22.8 Å². The van der Waals surface area contributed by atoms with E-state index in [1.54, 1.807) is 17.9 Å². The largest absolute Gasteiger partial charge is 0.374 e. The van der Waals surface area contributed by atoms with Crippen LogP contribution in [0.5, 0.6) is 0 Å². The third-order valence-electron chi connectivity index (χ3n) is 2.07. The number of aliphatic hydroxyl groups excluding tert-OH is 1. The summed E-state index contributed by atoms with van der Waals surface area (Å²) in [6, 6.07) is 0. The van der Waals surface area contributed by atoms with Crippen LogP contribution in [0, 0.1) is 0 Å². The monoisotopic (exact) mass is 183 g/mol. The van der Waals surface area contributed by atoms with Crippen molar-refractivity contribution in [3.63, 3.8) is 0 Å². The van der Waals surface area contributed by atoms with Gasteiger partial charge in [0.25, 0.3) is 0 Å². The summed E-state index contributed by atoms with van der Waals surface area (Å²) in [5, 5.41) is 9.22. The van der Waals surface area contributed by atoms with Crippen molar-refractivity contribution < 1.29 is 9.50 Å². The first-order valence-corrected chi connectivity index (χ1v) is 4.28. The summed E-state index contributed by atoms with van der Waals surface area (Å²) in [6.45, 7) is 6.14. The molecular formula is C10H14FNO. The van der Waals surface area contributed by atoms with Gasteiger partial charge in [-0.05, 0) is 19.1 Å². The van der Waals surface area contributed by atoms with Crippen LogP contribution in [0.15, 0.2) is 36.3 Å². The van der Waals surface area contributed by atoms with Gasteiger partial charge < -0.3 is 10.0 Å².